The third-order valence-electron chi connectivity index (χ3n) is 5.99. The zero-order valence-corrected chi connectivity index (χ0v) is 19.0. The fourth-order valence-electron chi connectivity index (χ4n) is 4.30. The zero-order chi connectivity index (χ0) is 20.9. The maximum absolute atomic E-state index is 9.48. The van der Waals surface area contributed by atoms with Gasteiger partial charge in [0, 0.05) is 47.2 Å². The van der Waals surface area contributed by atoms with Crippen molar-refractivity contribution >= 4 is 51.5 Å². The highest BCUT2D eigenvalue weighted by Crippen LogP contribution is 2.40. The molecule has 2 aromatic heterocycles. The number of hydrogen-bond donors (Lipinski definition) is 1. The van der Waals surface area contributed by atoms with Gasteiger partial charge in [-0.2, -0.15) is 0 Å². The van der Waals surface area contributed by atoms with Gasteiger partial charge in [-0.05, 0) is 63.3 Å². The standard InChI is InChI=1S/C22H24Cl3N3O/c1-12-8-19(27-6-4-15(11-29)5-7-27)20-13(2)14(3)28(22(20)26-12)21-17(24)9-16(23)10-18(21)25/h8-10,15,29H,4-7,11H2,1-3H3. The first-order chi connectivity index (χ1) is 13.8. The Bertz CT molecular complexity index is 1060. The molecule has 0 atom stereocenters. The van der Waals surface area contributed by atoms with Crippen LogP contribution in [0, 0.1) is 26.7 Å². The molecule has 1 aliphatic rings. The predicted octanol–water partition coefficient (Wildman–Crippen LogP) is 6.12. The SMILES string of the molecule is Cc1cc(N2CCC(CO)CC2)c2c(C)c(C)n(-c3c(Cl)cc(Cl)cc3Cl)c2n1. The van der Waals surface area contributed by atoms with E-state index < -0.39 is 0 Å². The van der Waals surface area contributed by atoms with Gasteiger partial charge in [0.05, 0.1) is 15.7 Å². The lowest BCUT2D eigenvalue weighted by atomic mass is 9.97. The van der Waals surface area contributed by atoms with Gasteiger partial charge in [-0.15, -0.1) is 0 Å². The maximum atomic E-state index is 9.48. The molecule has 4 rings (SSSR count). The summed E-state index contributed by atoms with van der Waals surface area (Å²) in [4.78, 5) is 7.28. The maximum Gasteiger partial charge on any atom is 0.147 e. The number of rotatable bonds is 3. The Labute approximate surface area is 186 Å². The van der Waals surface area contributed by atoms with Crippen LogP contribution >= 0.6 is 34.8 Å². The second-order valence-electron chi connectivity index (χ2n) is 7.86. The highest BCUT2D eigenvalue weighted by Gasteiger charge is 2.25. The van der Waals surface area contributed by atoms with E-state index >= 15 is 0 Å². The van der Waals surface area contributed by atoms with E-state index in [-0.39, 0.29) is 6.61 Å². The minimum atomic E-state index is 0.265. The Kier molecular flexibility index (Phi) is 5.73. The molecule has 154 valence electrons. The van der Waals surface area contributed by atoms with Crippen LogP contribution in [0.1, 0.15) is 29.8 Å². The van der Waals surface area contributed by atoms with Gasteiger partial charge < -0.3 is 10.0 Å². The van der Waals surface area contributed by atoms with Crippen LogP contribution in [0.3, 0.4) is 0 Å². The van der Waals surface area contributed by atoms with Crippen LogP contribution in [0.2, 0.25) is 15.1 Å². The second-order valence-corrected chi connectivity index (χ2v) is 9.11. The van der Waals surface area contributed by atoms with Crippen molar-refractivity contribution in [2.45, 2.75) is 33.6 Å². The Morgan fingerprint density at radius 3 is 2.24 bits per heavy atom. The Morgan fingerprint density at radius 1 is 1.03 bits per heavy atom. The Hall–Kier alpha value is -1.46. The Morgan fingerprint density at radius 2 is 1.66 bits per heavy atom. The van der Waals surface area contributed by atoms with Gasteiger partial charge in [0.2, 0.25) is 0 Å². The molecule has 1 aromatic carbocycles. The molecule has 0 saturated carbocycles. The van der Waals surface area contributed by atoms with E-state index in [1.54, 1.807) is 12.1 Å². The quantitative estimate of drug-likeness (QED) is 0.520. The van der Waals surface area contributed by atoms with E-state index in [4.69, 9.17) is 39.8 Å². The normalized spacial score (nSPS) is 15.5. The highest BCUT2D eigenvalue weighted by atomic mass is 35.5. The molecule has 0 radical (unpaired) electrons. The van der Waals surface area contributed by atoms with Crippen molar-refractivity contribution in [3.8, 4) is 5.69 Å². The molecular weight excluding hydrogens is 429 g/mol. The monoisotopic (exact) mass is 451 g/mol. The summed E-state index contributed by atoms with van der Waals surface area (Å²) in [5.41, 5.74) is 5.90. The van der Waals surface area contributed by atoms with Crippen molar-refractivity contribution in [2.24, 2.45) is 5.92 Å². The average molecular weight is 453 g/mol. The lowest BCUT2D eigenvalue weighted by Crippen LogP contribution is -2.35. The minimum absolute atomic E-state index is 0.265. The molecular formula is C22H24Cl3N3O. The van der Waals surface area contributed by atoms with Crippen molar-refractivity contribution in [3.63, 3.8) is 0 Å². The fraction of sp³-hybridized carbons (Fsp3) is 0.409. The van der Waals surface area contributed by atoms with Gasteiger partial charge in [0.15, 0.2) is 0 Å². The highest BCUT2D eigenvalue weighted by molar-refractivity contribution is 6.40. The largest absolute Gasteiger partial charge is 0.396 e. The number of halogens is 3. The molecule has 0 spiro atoms. The van der Waals surface area contributed by atoms with Crippen molar-refractivity contribution in [1.29, 1.82) is 0 Å². The predicted molar refractivity (Wildman–Crippen MR) is 122 cm³/mol. The summed E-state index contributed by atoms with van der Waals surface area (Å²) in [5.74, 6) is 0.392. The van der Waals surface area contributed by atoms with Gasteiger partial charge in [0.25, 0.3) is 0 Å². The average Bonchev–Trinajstić information content (AvgIpc) is 2.92. The lowest BCUT2D eigenvalue weighted by molar-refractivity contribution is 0.203. The summed E-state index contributed by atoms with van der Waals surface area (Å²) in [5, 5.41) is 12.1. The van der Waals surface area contributed by atoms with Crippen molar-refractivity contribution in [3.05, 3.63) is 50.2 Å². The molecule has 3 heterocycles. The number of pyridine rings is 1. The first kappa shape index (κ1) is 20.8. The van der Waals surface area contributed by atoms with E-state index in [9.17, 15) is 5.11 Å². The zero-order valence-electron chi connectivity index (χ0n) is 16.8. The summed E-state index contributed by atoms with van der Waals surface area (Å²) in [6.07, 6.45) is 1.99. The van der Waals surface area contributed by atoms with Gasteiger partial charge in [-0.25, -0.2) is 4.98 Å². The van der Waals surface area contributed by atoms with Crippen LogP contribution < -0.4 is 4.90 Å². The number of aryl methyl sites for hydroxylation is 2. The van der Waals surface area contributed by atoms with E-state index in [2.05, 4.69) is 24.8 Å². The van der Waals surface area contributed by atoms with E-state index in [1.807, 2.05) is 11.5 Å². The minimum Gasteiger partial charge on any atom is -0.396 e. The molecule has 29 heavy (non-hydrogen) atoms. The molecule has 1 N–H and O–H groups in total. The van der Waals surface area contributed by atoms with Crippen LogP contribution in [0.4, 0.5) is 5.69 Å². The van der Waals surface area contributed by atoms with Crippen molar-refractivity contribution < 1.29 is 5.11 Å². The molecule has 7 heteroatoms. The molecule has 0 unspecified atom stereocenters. The van der Waals surface area contributed by atoms with Gasteiger partial charge in [0.1, 0.15) is 5.65 Å². The number of aromatic nitrogens is 2. The fourth-order valence-corrected chi connectivity index (χ4v) is 5.28. The molecule has 4 nitrogen and oxygen atoms in total. The van der Waals surface area contributed by atoms with E-state index in [0.29, 0.717) is 26.7 Å². The molecule has 1 aliphatic heterocycles. The number of aliphatic hydroxyl groups excluding tert-OH is 1. The first-order valence-corrected chi connectivity index (χ1v) is 10.9. The number of fused-ring (bicyclic) bond motifs is 1. The summed E-state index contributed by atoms with van der Waals surface area (Å²) >= 11 is 19.2. The number of aliphatic hydroxyl groups is 1. The van der Waals surface area contributed by atoms with Crippen LogP contribution in [-0.2, 0) is 0 Å². The lowest BCUT2D eigenvalue weighted by Gasteiger charge is -2.33. The van der Waals surface area contributed by atoms with Crippen LogP contribution in [0.5, 0.6) is 0 Å². The van der Waals surface area contributed by atoms with Gasteiger partial charge >= 0.3 is 0 Å². The third kappa shape index (κ3) is 3.61. The smallest absolute Gasteiger partial charge is 0.147 e. The third-order valence-corrected chi connectivity index (χ3v) is 6.79. The van der Waals surface area contributed by atoms with Gasteiger partial charge in [-0.1, -0.05) is 34.8 Å². The first-order valence-electron chi connectivity index (χ1n) is 9.81. The topological polar surface area (TPSA) is 41.3 Å². The summed E-state index contributed by atoms with van der Waals surface area (Å²) in [6.45, 7) is 8.31. The number of anilines is 1. The number of nitrogens with zero attached hydrogens (tertiary/aromatic N) is 3. The van der Waals surface area contributed by atoms with Crippen molar-refractivity contribution in [1.82, 2.24) is 9.55 Å². The molecule has 0 amide bonds. The summed E-state index contributed by atoms with van der Waals surface area (Å²) < 4.78 is 2.04. The molecule has 1 fully saturated rings. The number of hydrogen-bond acceptors (Lipinski definition) is 3. The number of benzene rings is 1. The molecule has 0 aliphatic carbocycles. The van der Waals surface area contributed by atoms with Crippen molar-refractivity contribution in [2.75, 3.05) is 24.6 Å². The second kappa shape index (κ2) is 7.99. The molecule has 0 bridgehead atoms. The van der Waals surface area contributed by atoms with Crippen LogP contribution in [0.15, 0.2) is 18.2 Å². The van der Waals surface area contributed by atoms with Crippen LogP contribution in [-0.4, -0.2) is 34.4 Å². The van der Waals surface area contributed by atoms with E-state index in [1.165, 1.54) is 5.69 Å². The summed E-state index contributed by atoms with van der Waals surface area (Å²) in [7, 11) is 0. The molecule has 1 saturated heterocycles. The van der Waals surface area contributed by atoms with Crippen LogP contribution in [0.25, 0.3) is 16.7 Å². The van der Waals surface area contributed by atoms with Gasteiger partial charge in [-0.3, -0.25) is 4.57 Å². The number of piperidine rings is 1. The Balaban J connectivity index is 1.94. The molecule has 3 aromatic rings. The summed E-state index contributed by atoms with van der Waals surface area (Å²) in [6, 6.07) is 5.58. The van der Waals surface area contributed by atoms with E-state index in [0.717, 1.165) is 53.9 Å².